The Morgan fingerprint density at radius 1 is 1.06 bits per heavy atom. The van der Waals surface area contributed by atoms with E-state index < -0.39 is 12.0 Å². The van der Waals surface area contributed by atoms with E-state index >= 15 is 0 Å². The second-order valence-electron chi connectivity index (χ2n) is 17.5. The van der Waals surface area contributed by atoms with Gasteiger partial charge < -0.3 is 30.9 Å². The van der Waals surface area contributed by atoms with Gasteiger partial charge >= 0.3 is 0 Å². The molecule has 2 bridgehead atoms. The van der Waals surface area contributed by atoms with Crippen LogP contribution < -0.4 is 20.7 Å². The molecule has 9 nitrogen and oxygen atoms in total. The molecule has 1 saturated heterocycles. The molecular weight excluding hydrogens is 652 g/mol. The zero-order valence-corrected chi connectivity index (χ0v) is 31.9. The second-order valence-corrected chi connectivity index (χ2v) is 17.5. The van der Waals surface area contributed by atoms with Gasteiger partial charge in [-0.2, -0.15) is 0 Å². The summed E-state index contributed by atoms with van der Waals surface area (Å²) >= 11 is 0. The minimum absolute atomic E-state index is 0.0368. The molecule has 2 aromatic rings. The maximum atomic E-state index is 14.4. The van der Waals surface area contributed by atoms with Gasteiger partial charge in [0.05, 0.1) is 24.3 Å². The number of nitrogens with zero attached hydrogens (tertiary/aromatic N) is 1. The number of anilines is 1. The fraction of sp³-hybridized carbons (Fsp3) is 0.674. The Kier molecular flexibility index (Phi) is 10.9. The van der Waals surface area contributed by atoms with Gasteiger partial charge in [0.25, 0.3) is 5.91 Å². The van der Waals surface area contributed by atoms with Crippen molar-refractivity contribution in [3.05, 3.63) is 48.0 Å². The van der Waals surface area contributed by atoms with E-state index in [1.165, 1.54) is 12.8 Å². The second kappa shape index (κ2) is 15.3. The lowest BCUT2D eigenvalue weighted by atomic mass is 9.44. The average molecular weight is 715 g/mol. The van der Waals surface area contributed by atoms with Gasteiger partial charge in [-0.1, -0.05) is 52.0 Å². The third-order valence-corrected chi connectivity index (χ3v) is 14.1. The minimum Gasteiger partial charge on any atom is -0.490 e. The van der Waals surface area contributed by atoms with E-state index in [0.29, 0.717) is 66.0 Å². The number of carbonyl (C=O) groups is 2. The predicted octanol–water partition coefficient (Wildman–Crippen LogP) is 5.95. The average Bonchev–Trinajstić information content (AvgIpc) is 3.72. The molecule has 10 atom stereocenters. The van der Waals surface area contributed by atoms with Crippen molar-refractivity contribution in [3.8, 4) is 16.9 Å². The van der Waals surface area contributed by atoms with Gasteiger partial charge in [0.1, 0.15) is 5.75 Å². The van der Waals surface area contributed by atoms with E-state index in [1.54, 1.807) is 6.92 Å². The molecule has 6 aliphatic rings. The van der Waals surface area contributed by atoms with Crippen molar-refractivity contribution in [2.75, 3.05) is 38.2 Å². The van der Waals surface area contributed by atoms with Crippen molar-refractivity contribution in [3.63, 3.8) is 0 Å². The number of benzene rings is 2. The summed E-state index contributed by atoms with van der Waals surface area (Å²) in [6.45, 7) is 14.2. The molecule has 5 saturated carbocycles. The van der Waals surface area contributed by atoms with Gasteiger partial charge in [-0.15, -0.1) is 0 Å². The maximum Gasteiger partial charge on any atom is 0.251 e. The Labute approximate surface area is 310 Å². The third kappa shape index (κ3) is 7.34. The number of nitrogens with one attached hydrogen (secondary N) is 3. The first-order valence-corrected chi connectivity index (χ1v) is 20.2. The lowest BCUT2D eigenvalue weighted by Crippen LogP contribution is -2.61. The van der Waals surface area contributed by atoms with Gasteiger partial charge in [0, 0.05) is 48.3 Å². The van der Waals surface area contributed by atoms with Crippen LogP contribution in [0.5, 0.6) is 5.75 Å². The highest BCUT2D eigenvalue weighted by molar-refractivity contribution is 5.96. The van der Waals surface area contributed by atoms with Crippen LogP contribution in [0.25, 0.3) is 11.1 Å². The molecule has 6 fully saturated rings. The van der Waals surface area contributed by atoms with Crippen LogP contribution in [0.3, 0.4) is 0 Å². The Morgan fingerprint density at radius 3 is 2.54 bits per heavy atom. The van der Waals surface area contributed by atoms with Gasteiger partial charge in [-0.05, 0) is 124 Å². The number of aliphatic hydroxyl groups is 2. The van der Waals surface area contributed by atoms with Crippen LogP contribution in [-0.2, 0) is 4.79 Å². The Hall–Kier alpha value is -3.14. The summed E-state index contributed by atoms with van der Waals surface area (Å²) in [7, 11) is 0. The number of ether oxygens (including phenoxy) is 1. The number of likely N-dealkylation sites (tertiary alicyclic amines) is 1. The summed E-state index contributed by atoms with van der Waals surface area (Å²) in [6.07, 6.45) is 6.60. The Bertz CT molecular complexity index is 1590. The first-order chi connectivity index (χ1) is 25.0. The predicted molar refractivity (Wildman–Crippen MR) is 205 cm³/mol. The smallest absolute Gasteiger partial charge is 0.251 e. The van der Waals surface area contributed by atoms with Crippen molar-refractivity contribution in [2.45, 2.75) is 104 Å². The highest BCUT2D eigenvalue weighted by Crippen LogP contribution is 2.61. The van der Waals surface area contributed by atoms with Crippen molar-refractivity contribution >= 4 is 17.5 Å². The lowest BCUT2D eigenvalue weighted by molar-refractivity contribution is -0.139. The number of fused-ring (bicyclic) bond motifs is 2. The Balaban J connectivity index is 1.13. The first kappa shape index (κ1) is 37.2. The molecule has 284 valence electrons. The van der Waals surface area contributed by atoms with E-state index in [9.17, 15) is 19.8 Å². The van der Waals surface area contributed by atoms with E-state index in [-0.39, 0.29) is 42.3 Å². The number of likely N-dealkylation sites (N-methyl/N-ethyl adjacent to an activating group) is 1. The van der Waals surface area contributed by atoms with Crippen LogP contribution in [0.2, 0.25) is 0 Å². The molecule has 1 unspecified atom stereocenters. The monoisotopic (exact) mass is 714 g/mol. The molecule has 5 N–H and O–H groups in total. The number of aliphatic hydroxyl groups excluding tert-OH is 2. The maximum absolute atomic E-state index is 14.4. The quantitative estimate of drug-likeness (QED) is 0.164. The number of hydrogen-bond acceptors (Lipinski definition) is 7. The van der Waals surface area contributed by atoms with Crippen molar-refractivity contribution in [2.24, 2.45) is 46.8 Å². The number of para-hydroxylation sites is 1. The summed E-state index contributed by atoms with van der Waals surface area (Å²) < 4.78 is 6.62. The Morgan fingerprint density at radius 2 is 1.85 bits per heavy atom. The van der Waals surface area contributed by atoms with Gasteiger partial charge in [0.15, 0.2) is 0 Å². The van der Waals surface area contributed by atoms with Crippen LogP contribution in [0, 0.1) is 46.8 Å². The third-order valence-electron chi connectivity index (χ3n) is 14.1. The summed E-state index contributed by atoms with van der Waals surface area (Å²) in [4.78, 5) is 30.2. The fourth-order valence-electron chi connectivity index (χ4n) is 10.6. The molecule has 0 spiro atoms. The van der Waals surface area contributed by atoms with E-state index in [2.05, 4.69) is 48.5 Å². The number of amides is 2. The van der Waals surface area contributed by atoms with Crippen LogP contribution in [0.15, 0.2) is 42.5 Å². The number of rotatable bonds is 14. The highest BCUT2D eigenvalue weighted by atomic mass is 16.5. The van der Waals surface area contributed by atoms with Gasteiger partial charge in [-0.25, -0.2) is 0 Å². The standard InChI is InChI=1S/C43H62N4O5/c1-6-47-17-9-12-32(47)22-44-41(50)29-11-7-10-28(18-29)33-13-8-14-35(40(33)52-24-27-15-16-27)45-37-19-30(23-48)38(26(3)49)39(37)42(51)46-36-21-31-20-34(25(36)2)43(31,4)5/h7-8,10-11,13-14,18,25-27,30-32,34,36-39,45,48-49H,6,9,12,15-17,19-24H2,1-5H3,(H,44,50)(H,46,51)/t25-,26-,30-,31+,32-,34-,36-,37?,38+,39-/m0/s1. The number of carbonyl (C=O) groups excluding carboxylic acids is 2. The molecule has 52 heavy (non-hydrogen) atoms. The van der Waals surface area contributed by atoms with Crippen molar-refractivity contribution < 1.29 is 24.5 Å². The molecule has 1 aliphatic heterocycles. The summed E-state index contributed by atoms with van der Waals surface area (Å²) in [5.41, 5.74) is 3.49. The van der Waals surface area contributed by atoms with Gasteiger partial charge in [-0.3, -0.25) is 14.5 Å². The molecule has 2 aromatic carbocycles. The summed E-state index contributed by atoms with van der Waals surface area (Å²) in [5.74, 6) is 1.61. The first-order valence-electron chi connectivity index (χ1n) is 20.2. The lowest BCUT2D eigenvalue weighted by Gasteiger charge is -2.62. The topological polar surface area (TPSA) is 123 Å². The van der Waals surface area contributed by atoms with Crippen LogP contribution in [-0.4, -0.2) is 84.0 Å². The van der Waals surface area contributed by atoms with Crippen LogP contribution in [0.4, 0.5) is 5.69 Å². The molecule has 0 aromatic heterocycles. The molecule has 1 heterocycles. The molecule has 5 aliphatic carbocycles. The SMILES string of the molecule is CCN1CCC[C@H]1CNC(=O)c1cccc(-c2cccc(NC3C[C@@H](CO)[C@@H]([C@H](C)O)[C@H]3C(=O)N[C@H]3C[C@H]4C[C@@H]([C@@H]3C)C4(C)C)c2OCC2CC2)c1. The normalized spacial score (nSPS) is 32.9. The summed E-state index contributed by atoms with van der Waals surface area (Å²) in [5, 5.41) is 31.9. The number of hydrogen-bond donors (Lipinski definition) is 5. The zero-order chi connectivity index (χ0) is 36.7. The van der Waals surface area contributed by atoms with Gasteiger partial charge in [0.2, 0.25) is 5.91 Å². The molecule has 0 radical (unpaired) electrons. The fourth-order valence-corrected chi connectivity index (χ4v) is 10.6. The largest absolute Gasteiger partial charge is 0.490 e. The molecule has 9 heteroatoms. The molecule has 2 amide bonds. The molecular formula is C43H62N4O5. The van der Waals surface area contributed by atoms with Crippen LogP contribution >= 0.6 is 0 Å². The van der Waals surface area contributed by atoms with Crippen molar-refractivity contribution in [1.82, 2.24) is 15.5 Å². The van der Waals surface area contributed by atoms with E-state index in [0.717, 1.165) is 55.6 Å². The highest BCUT2D eigenvalue weighted by Gasteiger charge is 2.57. The van der Waals surface area contributed by atoms with Crippen molar-refractivity contribution in [1.29, 1.82) is 0 Å². The summed E-state index contributed by atoms with van der Waals surface area (Å²) in [6, 6.07) is 14.0. The van der Waals surface area contributed by atoms with E-state index in [1.807, 2.05) is 42.5 Å². The van der Waals surface area contributed by atoms with E-state index in [4.69, 9.17) is 4.74 Å². The zero-order valence-electron chi connectivity index (χ0n) is 31.9. The minimum atomic E-state index is -0.750. The van der Waals surface area contributed by atoms with Crippen LogP contribution in [0.1, 0.15) is 89.9 Å². The molecule has 8 rings (SSSR count).